The van der Waals surface area contributed by atoms with Crippen LogP contribution in [0.4, 0.5) is 5.69 Å². The average Bonchev–Trinajstić information content (AvgIpc) is 2.75. The zero-order chi connectivity index (χ0) is 13.0. The van der Waals surface area contributed by atoms with Crippen LogP contribution in [0.1, 0.15) is 22.2 Å². The monoisotopic (exact) mass is 261 g/mol. The zero-order valence-corrected chi connectivity index (χ0v) is 11.9. The fraction of sp³-hybridized carbons (Fsp3) is 0.333. The van der Waals surface area contributed by atoms with E-state index in [-0.39, 0.29) is 0 Å². The van der Waals surface area contributed by atoms with Gasteiger partial charge in [0.15, 0.2) is 0 Å². The molecule has 0 aliphatic rings. The van der Waals surface area contributed by atoms with Crippen molar-refractivity contribution >= 4 is 17.0 Å². The summed E-state index contributed by atoms with van der Waals surface area (Å²) in [4.78, 5) is 2.69. The first-order valence-corrected chi connectivity index (χ1v) is 7.03. The van der Waals surface area contributed by atoms with Gasteiger partial charge in [0.25, 0.3) is 0 Å². The molecular formula is C15H19NOS. The van der Waals surface area contributed by atoms with Gasteiger partial charge in [-0.15, -0.1) is 11.3 Å². The van der Waals surface area contributed by atoms with Crippen LogP contribution in [0.25, 0.3) is 0 Å². The van der Waals surface area contributed by atoms with Crippen LogP contribution in [0.15, 0.2) is 30.3 Å². The third-order valence-electron chi connectivity index (χ3n) is 2.69. The molecule has 0 aliphatic carbocycles. The molecule has 3 heteroatoms. The van der Waals surface area contributed by atoms with Crippen molar-refractivity contribution in [1.29, 1.82) is 0 Å². The van der Waals surface area contributed by atoms with Crippen LogP contribution in [0.3, 0.4) is 0 Å². The third kappa shape index (κ3) is 3.26. The lowest BCUT2D eigenvalue weighted by atomic mass is 10.2. The molecule has 0 saturated heterocycles. The summed E-state index contributed by atoms with van der Waals surface area (Å²) in [6.07, 6.45) is 0. The number of rotatable bonds is 5. The summed E-state index contributed by atoms with van der Waals surface area (Å²) < 4.78 is 5.65. The van der Waals surface area contributed by atoms with Gasteiger partial charge in [-0.1, -0.05) is 6.07 Å². The molecule has 1 aromatic carbocycles. The van der Waals surface area contributed by atoms with E-state index in [0.717, 1.165) is 18.0 Å². The predicted octanol–water partition coefficient (Wildman–Crippen LogP) is 4.38. The fourth-order valence-corrected chi connectivity index (χ4v) is 2.64. The number of nitrogens with one attached hydrogen (secondary N) is 1. The Labute approximate surface area is 113 Å². The lowest BCUT2D eigenvalue weighted by Gasteiger charge is -2.12. The highest BCUT2D eigenvalue weighted by Gasteiger charge is 2.04. The van der Waals surface area contributed by atoms with Crippen LogP contribution in [0.2, 0.25) is 0 Å². The Morgan fingerprint density at radius 3 is 2.67 bits per heavy atom. The number of ether oxygens (including phenoxy) is 1. The van der Waals surface area contributed by atoms with Gasteiger partial charge in [0.2, 0.25) is 0 Å². The normalized spacial score (nSPS) is 10.4. The largest absolute Gasteiger partial charge is 0.492 e. The number of aryl methyl sites for hydroxylation is 2. The van der Waals surface area contributed by atoms with E-state index in [9.17, 15) is 0 Å². The van der Waals surface area contributed by atoms with E-state index in [4.69, 9.17) is 4.74 Å². The second-order valence-corrected chi connectivity index (χ2v) is 5.67. The summed E-state index contributed by atoms with van der Waals surface area (Å²) in [5.41, 5.74) is 2.28. The Balaban J connectivity index is 2.08. The van der Waals surface area contributed by atoms with Gasteiger partial charge in [-0.05, 0) is 50.6 Å². The lowest BCUT2D eigenvalue weighted by Crippen LogP contribution is -2.01. The smallest absolute Gasteiger partial charge is 0.142 e. The second-order valence-electron chi connectivity index (χ2n) is 4.30. The van der Waals surface area contributed by atoms with Crippen LogP contribution >= 0.6 is 11.3 Å². The molecule has 2 nitrogen and oxygen atoms in total. The van der Waals surface area contributed by atoms with Gasteiger partial charge >= 0.3 is 0 Å². The molecule has 0 fully saturated rings. The van der Waals surface area contributed by atoms with Crippen LogP contribution in [-0.4, -0.2) is 6.61 Å². The molecule has 2 rings (SSSR count). The molecule has 0 aliphatic heterocycles. The number of hydrogen-bond acceptors (Lipinski definition) is 3. The van der Waals surface area contributed by atoms with E-state index < -0.39 is 0 Å². The highest BCUT2D eigenvalue weighted by molar-refractivity contribution is 7.11. The zero-order valence-electron chi connectivity index (χ0n) is 11.1. The average molecular weight is 261 g/mol. The molecule has 1 heterocycles. The Hall–Kier alpha value is -1.48. The van der Waals surface area contributed by atoms with Crippen molar-refractivity contribution in [2.45, 2.75) is 27.3 Å². The van der Waals surface area contributed by atoms with Crippen molar-refractivity contribution < 1.29 is 4.74 Å². The SMILES string of the molecule is CCOc1cc(C)ccc1NCc1ccc(C)s1. The lowest BCUT2D eigenvalue weighted by molar-refractivity contribution is 0.341. The van der Waals surface area contributed by atoms with Gasteiger partial charge in [-0.3, -0.25) is 0 Å². The van der Waals surface area contributed by atoms with Gasteiger partial charge in [0, 0.05) is 16.3 Å². The minimum absolute atomic E-state index is 0.691. The van der Waals surface area contributed by atoms with Crippen molar-refractivity contribution in [2.75, 3.05) is 11.9 Å². The Morgan fingerprint density at radius 2 is 2.00 bits per heavy atom. The molecule has 2 aromatic rings. The molecule has 18 heavy (non-hydrogen) atoms. The van der Waals surface area contributed by atoms with E-state index >= 15 is 0 Å². The van der Waals surface area contributed by atoms with Crippen molar-refractivity contribution in [2.24, 2.45) is 0 Å². The van der Waals surface area contributed by atoms with Crippen molar-refractivity contribution in [3.8, 4) is 5.75 Å². The first-order chi connectivity index (χ1) is 8.69. The maximum Gasteiger partial charge on any atom is 0.142 e. The van der Waals surface area contributed by atoms with Crippen molar-refractivity contribution in [3.05, 3.63) is 45.6 Å². The van der Waals surface area contributed by atoms with E-state index in [1.165, 1.54) is 15.3 Å². The summed E-state index contributed by atoms with van der Waals surface area (Å²) in [5, 5.41) is 3.44. The van der Waals surface area contributed by atoms with E-state index in [0.29, 0.717) is 6.61 Å². The summed E-state index contributed by atoms with van der Waals surface area (Å²) in [6.45, 7) is 7.76. The first kappa shape index (κ1) is 13.0. The summed E-state index contributed by atoms with van der Waals surface area (Å²) in [5.74, 6) is 0.936. The summed E-state index contributed by atoms with van der Waals surface area (Å²) >= 11 is 1.83. The second kappa shape index (κ2) is 5.91. The topological polar surface area (TPSA) is 21.3 Å². The van der Waals surface area contributed by atoms with Crippen LogP contribution < -0.4 is 10.1 Å². The summed E-state index contributed by atoms with van der Waals surface area (Å²) in [6, 6.07) is 10.6. The highest BCUT2D eigenvalue weighted by Crippen LogP contribution is 2.27. The molecule has 1 aromatic heterocycles. The van der Waals surface area contributed by atoms with Crippen LogP contribution in [0.5, 0.6) is 5.75 Å². The third-order valence-corrected chi connectivity index (χ3v) is 3.69. The maximum absolute atomic E-state index is 5.65. The first-order valence-electron chi connectivity index (χ1n) is 6.21. The number of thiophene rings is 1. The number of benzene rings is 1. The van der Waals surface area contributed by atoms with Crippen LogP contribution in [-0.2, 0) is 6.54 Å². The van der Waals surface area contributed by atoms with E-state index in [2.05, 4.69) is 49.5 Å². The minimum atomic E-state index is 0.691. The Bertz CT molecular complexity index is 519. The maximum atomic E-state index is 5.65. The Morgan fingerprint density at radius 1 is 1.17 bits per heavy atom. The predicted molar refractivity (Wildman–Crippen MR) is 78.7 cm³/mol. The molecule has 1 N–H and O–H groups in total. The number of hydrogen-bond donors (Lipinski definition) is 1. The molecule has 0 amide bonds. The molecule has 0 spiro atoms. The van der Waals surface area contributed by atoms with Crippen LogP contribution in [0, 0.1) is 13.8 Å². The fourth-order valence-electron chi connectivity index (χ4n) is 1.81. The van der Waals surface area contributed by atoms with Gasteiger partial charge in [0.05, 0.1) is 12.3 Å². The van der Waals surface area contributed by atoms with Gasteiger partial charge in [-0.2, -0.15) is 0 Å². The molecule has 0 atom stereocenters. The highest BCUT2D eigenvalue weighted by atomic mass is 32.1. The van der Waals surface area contributed by atoms with E-state index in [1.54, 1.807) is 0 Å². The molecule has 0 bridgehead atoms. The van der Waals surface area contributed by atoms with Gasteiger partial charge < -0.3 is 10.1 Å². The van der Waals surface area contributed by atoms with Gasteiger partial charge in [-0.25, -0.2) is 0 Å². The molecule has 0 saturated carbocycles. The standard InChI is InChI=1S/C15H19NOS/c1-4-17-15-9-11(2)5-8-14(15)16-10-13-7-6-12(3)18-13/h5-9,16H,4,10H2,1-3H3. The van der Waals surface area contributed by atoms with Gasteiger partial charge in [0.1, 0.15) is 5.75 Å². The number of anilines is 1. The van der Waals surface area contributed by atoms with Crippen molar-refractivity contribution in [1.82, 2.24) is 0 Å². The summed E-state index contributed by atoms with van der Waals surface area (Å²) in [7, 11) is 0. The molecular weight excluding hydrogens is 242 g/mol. The molecule has 0 radical (unpaired) electrons. The molecule has 0 unspecified atom stereocenters. The van der Waals surface area contributed by atoms with E-state index in [1.807, 2.05) is 18.3 Å². The quantitative estimate of drug-likeness (QED) is 0.862. The molecule has 96 valence electrons. The Kier molecular flexibility index (Phi) is 4.26. The van der Waals surface area contributed by atoms with Crippen molar-refractivity contribution in [3.63, 3.8) is 0 Å². The minimum Gasteiger partial charge on any atom is -0.492 e.